The lowest BCUT2D eigenvalue weighted by Gasteiger charge is -2.13. The van der Waals surface area contributed by atoms with E-state index in [1.54, 1.807) is 16.2 Å². The van der Waals surface area contributed by atoms with Crippen molar-refractivity contribution >= 4 is 7.53 Å². The average molecular weight is 224 g/mol. The van der Waals surface area contributed by atoms with Gasteiger partial charge in [-0.2, -0.15) is 0 Å². The molecule has 0 saturated carbocycles. The highest BCUT2D eigenvalue weighted by Gasteiger charge is 2.18. The van der Waals surface area contributed by atoms with Crippen LogP contribution in [0.3, 0.4) is 0 Å². The van der Waals surface area contributed by atoms with Gasteiger partial charge < -0.3 is 0 Å². The monoisotopic (exact) mass is 224 g/mol. The Hall–Kier alpha value is -0.220. The van der Waals surface area contributed by atoms with E-state index in [1.807, 2.05) is 0 Å². The zero-order valence-electron chi connectivity index (χ0n) is 11.3. The molecule has 0 aliphatic rings. The van der Waals surface area contributed by atoms with Gasteiger partial charge in [-0.25, -0.2) is 0 Å². The van der Waals surface area contributed by atoms with Crippen molar-refractivity contribution in [3.63, 3.8) is 0 Å². The van der Waals surface area contributed by atoms with Gasteiger partial charge in [0.25, 0.3) is 0 Å². The maximum atomic E-state index is 2.50. The van der Waals surface area contributed by atoms with E-state index in [0.29, 0.717) is 17.8 Å². The van der Waals surface area contributed by atoms with E-state index in [4.69, 9.17) is 0 Å². The Balaban J connectivity index is 3.33. The summed E-state index contributed by atoms with van der Waals surface area (Å²) in [5.74, 6) is 2.11. The molecule has 0 aromatic carbocycles. The topological polar surface area (TPSA) is 0 Å². The third kappa shape index (κ3) is 2.48. The van der Waals surface area contributed by atoms with Crippen molar-refractivity contribution in [2.75, 3.05) is 0 Å². The fourth-order valence-electron chi connectivity index (χ4n) is 2.40. The summed E-state index contributed by atoms with van der Waals surface area (Å²) in [5, 5.41) is 3.43. The second kappa shape index (κ2) is 4.74. The van der Waals surface area contributed by atoms with Crippen molar-refractivity contribution < 1.29 is 0 Å². The molecule has 0 nitrogen and oxygen atoms in total. The molecule has 0 fully saturated rings. The van der Waals surface area contributed by atoms with Gasteiger partial charge in [-0.3, -0.25) is 0 Å². The molecule has 0 saturated heterocycles. The summed E-state index contributed by atoms with van der Waals surface area (Å²) in [5.41, 5.74) is 1.63. The number of hydrogen-bond acceptors (Lipinski definition) is 0. The minimum Gasteiger partial charge on any atom is -0.121 e. The van der Waals surface area contributed by atoms with Gasteiger partial charge in [-0.05, 0) is 40.6 Å². The summed E-state index contributed by atoms with van der Waals surface area (Å²) in [6.45, 7) is 16.4. The quantitative estimate of drug-likeness (QED) is 0.628. The summed E-state index contributed by atoms with van der Waals surface area (Å²) in [6.07, 6.45) is 0. The maximum Gasteiger partial charge on any atom is -0.0178 e. The third-order valence-corrected chi connectivity index (χ3v) is 6.03. The molecule has 0 bridgehead atoms. The first-order valence-electron chi connectivity index (χ1n) is 6.05. The SMILES string of the molecule is CC(C)c1cc(C(C)C)p(C)c1C(C)C. The highest BCUT2D eigenvalue weighted by Crippen LogP contribution is 2.48. The van der Waals surface area contributed by atoms with Crippen LogP contribution in [-0.4, -0.2) is 0 Å². The molecule has 0 amide bonds. The van der Waals surface area contributed by atoms with Crippen LogP contribution in [0.2, 0.25) is 0 Å². The van der Waals surface area contributed by atoms with Gasteiger partial charge in [-0.1, -0.05) is 47.6 Å². The summed E-state index contributed by atoms with van der Waals surface area (Å²) >= 11 is 0. The predicted octanol–water partition coefficient (Wildman–Crippen LogP) is 5.58. The highest BCUT2D eigenvalue weighted by molar-refractivity contribution is 7.49. The molecule has 0 radical (unpaired) electrons. The molecule has 1 atom stereocenters. The standard InChI is InChI=1S/C14H25P/c1-9(2)12-8-13(10(3)4)15(7)14(12)11(5)6/h8-11H,1-7H3. The molecule has 1 aromatic heterocycles. The first kappa shape index (κ1) is 12.8. The van der Waals surface area contributed by atoms with Crippen LogP contribution < -0.4 is 0 Å². The van der Waals surface area contributed by atoms with E-state index in [0.717, 1.165) is 0 Å². The van der Waals surface area contributed by atoms with E-state index in [-0.39, 0.29) is 7.53 Å². The zero-order chi connectivity index (χ0) is 11.7. The Morgan fingerprint density at radius 2 is 1.40 bits per heavy atom. The third-order valence-electron chi connectivity index (χ3n) is 3.11. The molecule has 0 N–H and O–H groups in total. The van der Waals surface area contributed by atoms with Crippen LogP contribution >= 0.6 is 7.53 Å². The van der Waals surface area contributed by atoms with Gasteiger partial charge in [0, 0.05) is 0 Å². The summed E-state index contributed by atoms with van der Waals surface area (Å²) in [6, 6.07) is 2.50. The molecule has 0 aliphatic carbocycles. The van der Waals surface area contributed by atoms with Crippen LogP contribution in [0.4, 0.5) is 0 Å². The van der Waals surface area contributed by atoms with Gasteiger partial charge >= 0.3 is 0 Å². The normalized spacial score (nSPS) is 13.3. The molecule has 0 spiro atoms. The Morgan fingerprint density at radius 3 is 1.67 bits per heavy atom. The molecular formula is C14H25P. The van der Waals surface area contributed by atoms with Crippen molar-refractivity contribution in [2.24, 2.45) is 6.66 Å². The van der Waals surface area contributed by atoms with Gasteiger partial charge in [0.05, 0.1) is 0 Å². The molecule has 1 heteroatoms. The van der Waals surface area contributed by atoms with Crippen LogP contribution in [0.1, 0.15) is 75.5 Å². The van der Waals surface area contributed by atoms with Crippen LogP contribution in [0.5, 0.6) is 0 Å². The number of rotatable bonds is 3. The van der Waals surface area contributed by atoms with E-state index >= 15 is 0 Å². The number of hydrogen-bond donors (Lipinski definition) is 0. The zero-order valence-corrected chi connectivity index (χ0v) is 12.2. The highest BCUT2D eigenvalue weighted by atomic mass is 31.1. The van der Waals surface area contributed by atoms with Crippen LogP contribution in [0.25, 0.3) is 0 Å². The molecular weight excluding hydrogens is 199 g/mol. The van der Waals surface area contributed by atoms with Crippen LogP contribution in [0.15, 0.2) is 6.07 Å². The Kier molecular flexibility index (Phi) is 4.06. The van der Waals surface area contributed by atoms with Gasteiger partial charge in [0.15, 0.2) is 0 Å². The molecule has 15 heavy (non-hydrogen) atoms. The largest absolute Gasteiger partial charge is 0.121 e. The van der Waals surface area contributed by atoms with E-state index in [2.05, 4.69) is 54.3 Å². The maximum absolute atomic E-state index is 2.50. The van der Waals surface area contributed by atoms with E-state index in [1.165, 1.54) is 0 Å². The second-order valence-electron chi connectivity index (χ2n) is 5.43. The summed E-state index contributed by atoms with van der Waals surface area (Å²) in [4.78, 5) is 0. The molecule has 86 valence electrons. The Bertz CT molecular complexity index is 329. The lowest BCUT2D eigenvalue weighted by molar-refractivity contribution is 0.807. The molecule has 1 unspecified atom stereocenters. The summed E-state index contributed by atoms with van der Waals surface area (Å²) in [7, 11) is -0.00180. The molecule has 0 aliphatic heterocycles. The van der Waals surface area contributed by atoms with Crippen molar-refractivity contribution in [1.29, 1.82) is 0 Å². The fourth-order valence-corrected chi connectivity index (χ4v) is 5.27. The Morgan fingerprint density at radius 1 is 0.867 bits per heavy atom. The van der Waals surface area contributed by atoms with Crippen molar-refractivity contribution in [3.8, 4) is 0 Å². The second-order valence-corrected chi connectivity index (χ2v) is 7.55. The Labute approximate surface area is 96.2 Å². The van der Waals surface area contributed by atoms with Crippen molar-refractivity contribution in [1.82, 2.24) is 0 Å². The average Bonchev–Trinajstić information content (AvgIpc) is 2.42. The molecule has 1 aromatic rings. The molecule has 1 rings (SSSR count). The van der Waals surface area contributed by atoms with E-state index < -0.39 is 0 Å². The van der Waals surface area contributed by atoms with Crippen LogP contribution in [-0.2, 0) is 6.66 Å². The van der Waals surface area contributed by atoms with Gasteiger partial charge in [0.2, 0.25) is 0 Å². The smallest absolute Gasteiger partial charge is 0.0178 e. The predicted molar refractivity (Wildman–Crippen MR) is 72.4 cm³/mol. The van der Waals surface area contributed by atoms with Gasteiger partial charge in [0.1, 0.15) is 0 Å². The molecule has 1 heterocycles. The van der Waals surface area contributed by atoms with Crippen molar-refractivity contribution in [2.45, 2.75) is 59.3 Å². The minimum atomic E-state index is -0.00180. The van der Waals surface area contributed by atoms with Crippen LogP contribution in [0, 0.1) is 0 Å². The van der Waals surface area contributed by atoms with Gasteiger partial charge in [-0.15, -0.1) is 7.53 Å². The van der Waals surface area contributed by atoms with Crippen molar-refractivity contribution in [3.05, 3.63) is 22.2 Å². The lowest BCUT2D eigenvalue weighted by Crippen LogP contribution is -1.92. The fraction of sp³-hybridized carbons (Fsp3) is 0.714. The first-order chi connectivity index (χ1) is 6.86. The first-order valence-corrected chi connectivity index (χ1v) is 7.84. The minimum absolute atomic E-state index is 0.00180. The lowest BCUT2D eigenvalue weighted by atomic mass is 9.98. The van der Waals surface area contributed by atoms with E-state index in [9.17, 15) is 0 Å². The summed E-state index contributed by atoms with van der Waals surface area (Å²) < 4.78 is 0.